The zero-order chi connectivity index (χ0) is 14.7. The van der Waals surface area contributed by atoms with Gasteiger partial charge in [0.15, 0.2) is 5.13 Å². The van der Waals surface area contributed by atoms with Crippen molar-refractivity contribution >= 4 is 40.0 Å². The molecule has 6 nitrogen and oxygen atoms in total. The molecule has 0 spiro atoms. The molecule has 2 aromatic rings. The van der Waals surface area contributed by atoms with Crippen molar-refractivity contribution in [2.45, 2.75) is 18.1 Å². The van der Waals surface area contributed by atoms with Gasteiger partial charge in [-0.3, -0.25) is 14.9 Å². The number of rotatable bonds is 5. The molecule has 0 aliphatic heterocycles. The molecule has 106 valence electrons. The highest BCUT2D eigenvalue weighted by atomic mass is 32.2. The molecule has 0 atom stereocenters. The number of hydrogen-bond donors (Lipinski definition) is 2. The topological polar surface area (TPSA) is 98.2 Å². The molecule has 0 aliphatic rings. The van der Waals surface area contributed by atoms with Crippen molar-refractivity contribution in [3.05, 3.63) is 29.3 Å². The number of nitrogens with zero attached hydrogens (tertiary/aromatic N) is 1. The van der Waals surface area contributed by atoms with Crippen LogP contribution in [0.25, 0.3) is 0 Å². The standard InChI is InChI=1S/C12H13N3O3S2/c1-6-11(19-5-9(13)16)20-12(14-6)15-10(17)8-3-4-18-7(8)2/h3-4H,5H2,1-2H3,(H2,13,16)(H,14,15,17). The lowest BCUT2D eigenvalue weighted by Crippen LogP contribution is -2.12. The molecule has 0 aliphatic carbocycles. The Labute approximate surface area is 123 Å². The maximum atomic E-state index is 12.0. The van der Waals surface area contributed by atoms with E-state index in [1.807, 2.05) is 6.92 Å². The Morgan fingerprint density at radius 3 is 2.85 bits per heavy atom. The zero-order valence-corrected chi connectivity index (χ0v) is 12.6. The molecule has 2 heterocycles. The highest BCUT2D eigenvalue weighted by Crippen LogP contribution is 2.32. The summed E-state index contributed by atoms with van der Waals surface area (Å²) in [7, 11) is 0. The monoisotopic (exact) mass is 311 g/mol. The number of aryl methyl sites for hydroxylation is 2. The number of nitrogens with two attached hydrogens (primary N) is 1. The van der Waals surface area contributed by atoms with Crippen LogP contribution in [0, 0.1) is 13.8 Å². The number of aromatic nitrogens is 1. The Morgan fingerprint density at radius 1 is 1.50 bits per heavy atom. The van der Waals surface area contributed by atoms with E-state index >= 15 is 0 Å². The van der Waals surface area contributed by atoms with Crippen molar-refractivity contribution in [1.29, 1.82) is 0 Å². The summed E-state index contributed by atoms with van der Waals surface area (Å²) < 4.78 is 5.95. The number of furan rings is 1. The summed E-state index contributed by atoms with van der Waals surface area (Å²) in [4.78, 5) is 27.0. The first-order valence-electron chi connectivity index (χ1n) is 5.71. The Balaban J connectivity index is 2.07. The second-order valence-electron chi connectivity index (χ2n) is 3.99. The number of nitrogens with one attached hydrogen (secondary N) is 1. The molecule has 3 N–H and O–H groups in total. The molecule has 2 aromatic heterocycles. The van der Waals surface area contributed by atoms with Gasteiger partial charge in [-0.25, -0.2) is 4.98 Å². The van der Waals surface area contributed by atoms with Crippen LogP contribution >= 0.6 is 23.1 Å². The van der Waals surface area contributed by atoms with Crippen LogP contribution in [0.1, 0.15) is 21.8 Å². The van der Waals surface area contributed by atoms with E-state index in [4.69, 9.17) is 10.2 Å². The lowest BCUT2D eigenvalue weighted by atomic mass is 10.2. The zero-order valence-electron chi connectivity index (χ0n) is 10.9. The normalized spacial score (nSPS) is 10.5. The smallest absolute Gasteiger partial charge is 0.260 e. The highest BCUT2D eigenvalue weighted by Gasteiger charge is 2.15. The van der Waals surface area contributed by atoms with Gasteiger partial charge < -0.3 is 10.2 Å². The van der Waals surface area contributed by atoms with Gasteiger partial charge in [0, 0.05) is 0 Å². The van der Waals surface area contributed by atoms with Crippen molar-refractivity contribution in [3.8, 4) is 0 Å². The molecule has 2 amide bonds. The summed E-state index contributed by atoms with van der Waals surface area (Å²) in [6.07, 6.45) is 1.46. The van der Waals surface area contributed by atoms with Gasteiger partial charge in [-0.2, -0.15) is 0 Å². The first kappa shape index (κ1) is 14.6. The fourth-order valence-corrected chi connectivity index (χ4v) is 3.36. The van der Waals surface area contributed by atoms with E-state index in [2.05, 4.69) is 10.3 Å². The van der Waals surface area contributed by atoms with Crippen LogP contribution in [0.3, 0.4) is 0 Å². The van der Waals surface area contributed by atoms with E-state index in [1.54, 1.807) is 13.0 Å². The molecular weight excluding hydrogens is 298 g/mol. The van der Waals surface area contributed by atoms with Gasteiger partial charge in [0.2, 0.25) is 5.91 Å². The second-order valence-corrected chi connectivity index (χ2v) is 6.23. The summed E-state index contributed by atoms with van der Waals surface area (Å²) in [5.41, 5.74) is 6.34. The molecule has 0 unspecified atom stereocenters. The van der Waals surface area contributed by atoms with Crippen LogP contribution in [0.15, 0.2) is 21.0 Å². The SMILES string of the molecule is Cc1nc(NC(=O)c2ccoc2C)sc1SCC(N)=O. The molecule has 20 heavy (non-hydrogen) atoms. The molecule has 0 fully saturated rings. The fourth-order valence-electron chi connectivity index (χ4n) is 1.49. The van der Waals surface area contributed by atoms with Crippen molar-refractivity contribution in [3.63, 3.8) is 0 Å². The number of hydrogen-bond acceptors (Lipinski definition) is 6. The summed E-state index contributed by atoms with van der Waals surface area (Å²) >= 11 is 2.63. The molecule has 0 saturated carbocycles. The summed E-state index contributed by atoms with van der Waals surface area (Å²) in [6.45, 7) is 3.54. The second kappa shape index (κ2) is 6.10. The summed E-state index contributed by atoms with van der Waals surface area (Å²) in [5.74, 6) is 0.0926. The quantitative estimate of drug-likeness (QED) is 0.825. The third-order valence-electron chi connectivity index (χ3n) is 2.42. The van der Waals surface area contributed by atoms with E-state index in [1.165, 1.54) is 29.4 Å². The van der Waals surface area contributed by atoms with Gasteiger partial charge in [-0.1, -0.05) is 11.3 Å². The predicted octanol–water partition coefficient (Wildman–Crippen LogP) is 2.18. The third kappa shape index (κ3) is 3.40. The van der Waals surface area contributed by atoms with Crippen LogP contribution < -0.4 is 11.1 Å². The molecule has 0 radical (unpaired) electrons. The number of amides is 2. The van der Waals surface area contributed by atoms with E-state index < -0.39 is 0 Å². The summed E-state index contributed by atoms with van der Waals surface area (Å²) in [5, 5.41) is 3.20. The van der Waals surface area contributed by atoms with Gasteiger partial charge in [-0.05, 0) is 19.9 Å². The lowest BCUT2D eigenvalue weighted by Gasteiger charge is -1.99. The van der Waals surface area contributed by atoms with E-state index in [9.17, 15) is 9.59 Å². The lowest BCUT2D eigenvalue weighted by molar-refractivity contribution is -0.115. The van der Waals surface area contributed by atoms with E-state index in [0.717, 1.165) is 9.90 Å². The van der Waals surface area contributed by atoms with E-state index in [0.29, 0.717) is 16.5 Å². The largest absolute Gasteiger partial charge is 0.469 e. The molecule has 0 saturated heterocycles. The van der Waals surface area contributed by atoms with Crippen LogP contribution in [0.5, 0.6) is 0 Å². The Kier molecular flexibility index (Phi) is 4.46. The number of thiazole rings is 1. The number of carbonyl (C=O) groups is 2. The number of primary amides is 1. The van der Waals surface area contributed by atoms with Gasteiger partial charge in [-0.15, -0.1) is 11.8 Å². The van der Waals surface area contributed by atoms with Crippen LogP contribution in [0.2, 0.25) is 0 Å². The highest BCUT2D eigenvalue weighted by molar-refractivity contribution is 8.01. The van der Waals surface area contributed by atoms with Crippen molar-refractivity contribution in [2.24, 2.45) is 5.73 Å². The van der Waals surface area contributed by atoms with Crippen LogP contribution in [-0.2, 0) is 4.79 Å². The Hall–Kier alpha value is -1.80. The van der Waals surface area contributed by atoms with Gasteiger partial charge in [0.05, 0.1) is 27.5 Å². The van der Waals surface area contributed by atoms with Crippen LogP contribution in [-0.4, -0.2) is 22.6 Å². The van der Waals surface area contributed by atoms with Crippen molar-refractivity contribution in [1.82, 2.24) is 4.98 Å². The van der Waals surface area contributed by atoms with Crippen molar-refractivity contribution < 1.29 is 14.0 Å². The minimum Gasteiger partial charge on any atom is -0.469 e. The number of carbonyl (C=O) groups excluding carboxylic acids is 2. The minimum atomic E-state index is -0.387. The van der Waals surface area contributed by atoms with Crippen LogP contribution in [0.4, 0.5) is 5.13 Å². The third-order valence-corrected chi connectivity index (χ3v) is 4.88. The molecule has 2 rings (SSSR count). The fraction of sp³-hybridized carbons (Fsp3) is 0.250. The first-order valence-corrected chi connectivity index (χ1v) is 7.51. The van der Waals surface area contributed by atoms with Gasteiger partial charge in [0.25, 0.3) is 5.91 Å². The first-order chi connectivity index (χ1) is 9.47. The van der Waals surface area contributed by atoms with E-state index in [-0.39, 0.29) is 17.6 Å². The maximum Gasteiger partial charge on any atom is 0.260 e. The number of anilines is 1. The van der Waals surface area contributed by atoms with Crippen molar-refractivity contribution in [2.75, 3.05) is 11.1 Å². The molecule has 8 heteroatoms. The number of thioether (sulfide) groups is 1. The average Bonchev–Trinajstić information content (AvgIpc) is 2.93. The van der Waals surface area contributed by atoms with Gasteiger partial charge in [0.1, 0.15) is 5.76 Å². The Morgan fingerprint density at radius 2 is 2.25 bits per heavy atom. The predicted molar refractivity (Wildman–Crippen MR) is 78.2 cm³/mol. The average molecular weight is 311 g/mol. The molecule has 0 aromatic carbocycles. The molecular formula is C12H13N3O3S2. The maximum absolute atomic E-state index is 12.0. The Bertz CT molecular complexity index is 648. The molecule has 0 bridgehead atoms. The minimum absolute atomic E-state index is 0.192. The summed E-state index contributed by atoms with van der Waals surface area (Å²) in [6, 6.07) is 1.61. The van der Waals surface area contributed by atoms with Gasteiger partial charge >= 0.3 is 0 Å².